The van der Waals surface area contributed by atoms with Crippen molar-refractivity contribution in [3.63, 3.8) is 0 Å². The van der Waals surface area contributed by atoms with Gasteiger partial charge in [-0.05, 0) is 0 Å². The number of fused-ring (bicyclic) bond motifs is 1. The minimum Gasteiger partial charge on any atom is -0.293 e. The van der Waals surface area contributed by atoms with Gasteiger partial charge in [0.25, 0.3) is 0 Å². The van der Waals surface area contributed by atoms with Crippen molar-refractivity contribution in [3.05, 3.63) is 17.5 Å². The van der Waals surface area contributed by atoms with Crippen LogP contribution in [0.3, 0.4) is 0 Å². The third-order valence-electron chi connectivity index (χ3n) is 0.935. The van der Waals surface area contributed by atoms with E-state index in [2.05, 4.69) is 4.75 Å². The molecule has 2 aromatic heterocycles. The van der Waals surface area contributed by atoms with Gasteiger partial charge in [0, 0.05) is 11.6 Å². The molecule has 0 fully saturated rings. The van der Waals surface area contributed by atoms with Crippen LogP contribution >= 0.6 is 19.7 Å². The molecule has 0 saturated carbocycles. The average Bonchev–Trinajstić information content (AvgIpc) is 2.15. The maximum Gasteiger partial charge on any atom is 0.197 e. The highest BCUT2D eigenvalue weighted by molar-refractivity contribution is 7.26. The van der Waals surface area contributed by atoms with Gasteiger partial charge < -0.3 is 0 Å². The molecule has 0 radical (unpaired) electrons. The summed E-state index contributed by atoms with van der Waals surface area (Å²) in [5.74, 6) is 2.03. The van der Waals surface area contributed by atoms with Crippen LogP contribution in [0, 0.1) is 0 Å². The van der Waals surface area contributed by atoms with E-state index in [9.17, 15) is 0 Å². The predicted octanol–water partition coefficient (Wildman–Crippen LogP) is 1.98. The van der Waals surface area contributed by atoms with Crippen molar-refractivity contribution in [2.75, 3.05) is 0 Å². The van der Waals surface area contributed by atoms with Crippen LogP contribution in [-0.2, 0) is 0 Å². The minimum atomic E-state index is 1.06. The van der Waals surface area contributed by atoms with E-state index in [1.165, 1.54) is 0 Å². The first-order valence-electron chi connectivity index (χ1n) is 2.19. The van der Waals surface area contributed by atoms with E-state index in [0.717, 1.165) is 13.3 Å². The number of thiazole rings is 1. The molecule has 2 aromatic rings. The largest absolute Gasteiger partial charge is 0.293 e. The molecule has 40 valence electrons. The van der Waals surface area contributed by atoms with Crippen molar-refractivity contribution in [1.82, 2.24) is 9.15 Å². The zero-order chi connectivity index (χ0) is 5.40. The molecule has 0 spiro atoms. The number of hydrogen-bond acceptors (Lipinski definition) is 2. The lowest BCUT2D eigenvalue weighted by atomic mass is 11.0. The standard InChI is InChI=1S/C4H3N2PS/c1-2-8-4-5-7-3-6(1)4/h1-3H. The molecule has 2 heterocycles. The average molecular weight is 142 g/mol. The number of rotatable bonds is 0. The summed E-state index contributed by atoms with van der Waals surface area (Å²) in [6.45, 7) is 0. The molecule has 0 aliphatic rings. The van der Waals surface area contributed by atoms with Crippen molar-refractivity contribution in [3.8, 4) is 0 Å². The Morgan fingerprint density at radius 1 is 1.75 bits per heavy atom. The molecule has 0 amide bonds. The molecule has 0 N–H and O–H groups in total. The summed E-state index contributed by atoms with van der Waals surface area (Å²) in [5, 5.41) is 2.03. The topological polar surface area (TPSA) is 17.3 Å². The van der Waals surface area contributed by atoms with Crippen LogP contribution in [0.4, 0.5) is 0 Å². The van der Waals surface area contributed by atoms with E-state index < -0.39 is 0 Å². The maximum atomic E-state index is 4.16. The van der Waals surface area contributed by atoms with Crippen LogP contribution in [-0.4, -0.2) is 9.15 Å². The second-order valence-electron chi connectivity index (χ2n) is 1.42. The van der Waals surface area contributed by atoms with Crippen LogP contribution in [0.25, 0.3) is 4.96 Å². The second kappa shape index (κ2) is 1.54. The summed E-state index contributed by atoms with van der Waals surface area (Å²) in [4.78, 5) is 1.10. The Hall–Kier alpha value is -0.400. The van der Waals surface area contributed by atoms with E-state index in [1.54, 1.807) is 11.3 Å². The fraction of sp³-hybridized carbons (Fsp3) is 0. The third-order valence-corrected chi connectivity index (χ3v) is 2.50. The van der Waals surface area contributed by atoms with Gasteiger partial charge >= 0.3 is 0 Å². The monoisotopic (exact) mass is 142 g/mol. The lowest BCUT2D eigenvalue weighted by Crippen LogP contribution is -1.66. The highest BCUT2D eigenvalue weighted by Crippen LogP contribution is 2.12. The fourth-order valence-corrected chi connectivity index (χ4v) is 2.08. The summed E-state index contributed by atoms with van der Waals surface area (Å²) in [7, 11) is 1.06. The summed E-state index contributed by atoms with van der Waals surface area (Å²) >= 11 is 1.67. The maximum absolute atomic E-state index is 4.16. The zero-order valence-corrected chi connectivity index (χ0v) is 5.69. The first-order chi connectivity index (χ1) is 3.97. The first-order valence-corrected chi connectivity index (χ1v) is 3.99. The van der Waals surface area contributed by atoms with E-state index in [-0.39, 0.29) is 0 Å². The van der Waals surface area contributed by atoms with Gasteiger partial charge in [-0.25, -0.2) is 0 Å². The molecule has 0 aliphatic heterocycles. The van der Waals surface area contributed by atoms with Crippen molar-refractivity contribution in [2.24, 2.45) is 0 Å². The van der Waals surface area contributed by atoms with Gasteiger partial charge in [-0.15, -0.1) is 11.3 Å². The van der Waals surface area contributed by atoms with Gasteiger partial charge in [-0.2, -0.15) is 4.75 Å². The van der Waals surface area contributed by atoms with E-state index in [4.69, 9.17) is 0 Å². The molecular weight excluding hydrogens is 139 g/mol. The Balaban J connectivity index is 3.06. The van der Waals surface area contributed by atoms with Crippen LogP contribution in [0.2, 0.25) is 0 Å². The molecule has 4 heteroatoms. The Morgan fingerprint density at radius 3 is 3.62 bits per heavy atom. The van der Waals surface area contributed by atoms with Crippen LogP contribution in [0.1, 0.15) is 0 Å². The van der Waals surface area contributed by atoms with Gasteiger partial charge in [-0.1, -0.05) is 0 Å². The van der Waals surface area contributed by atoms with Gasteiger partial charge in [0.15, 0.2) is 4.96 Å². The Bertz CT molecular complexity index is 235. The van der Waals surface area contributed by atoms with Crippen molar-refractivity contribution in [1.29, 1.82) is 0 Å². The third kappa shape index (κ3) is 0.487. The summed E-state index contributed by atoms with van der Waals surface area (Å²) < 4.78 is 6.19. The van der Waals surface area contributed by atoms with Crippen LogP contribution in [0.15, 0.2) is 17.5 Å². The van der Waals surface area contributed by atoms with E-state index in [0.29, 0.717) is 0 Å². The zero-order valence-electron chi connectivity index (χ0n) is 3.98. The molecule has 2 rings (SSSR count). The lowest BCUT2D eigenvalue weighted by molar-refractivity contribution is 1.24. The summed E-state index contributed by atoms with van der Waals surface area (Å²) in [6.07, 6.45) is 2.02. The van der Waals surface area contributed by atoms with Crippen LogP contribution in [0.5, 0.6) is 0 Å². The smallest absolute Gasteiger partial charge is 0.197 e. The highest BCUT2D eigenvalue weighted by atomic mass is 32.1. The van der Waals surface area contributed by atoms with Gasteiger partial charge in [-0.3, -0.25) is 4.40 Å². The van der Waals surface area contributed by atoms with E-state index in [1.807, 2.05) is 21.9 Å². The van der Waals surface area contributed by atoms with Gasteiger partial charge in [0.1, 0.15) is 0 Å². The molecule has 0 bridgehead atoms. The van der Waals surface area contributed by atoms with Crippen molar-refractivity contribution < 1.29 is 0 Å². The highest BCUT2D eigenvalue weighted by Gasteiger charge is 1.89. The minimum absolute atomic E-state index is 1.06. The SMILES string of the molecule is c1cn2cpnc2s1. The molecule has 0 aromatic carbocycles. The summed E-state index contributed by atoms with van der Waals surface area (Å²) in [6, 6.07) is 0. The predicted molar refractivity (Wildman–Crippen MR) is 35.6 cm³/mol. The van der Waals surface area contributed by atoms with E-state index >= 15 is 0 Å². The quantitative estimate of drug-likeness (QED) is 0.549. The lowest BCUT2D eigenvalue weighted by Gasteiger charge is -1.70. The second-order valence-corrected chi connectivity index (χ2v) is 2.96. The molecular formula is C4H3N2PS. The Kier molecular flexibility index (Phi) is 0.861. The van der Waals surface area contributed by atoms with Crippen LogP contribution < -0.4 is 0 Å². The van der Waals surface area contributed by atoms with Crippen molar-refractivity contribution >= 4 is 24.6 Å². The Morgan fingerprint density at radius 2 is 2.75 bits per heavy atom. The number of aromatic nitrogens is 2. The normalized spacial score (nSPS) is 11.5. The molecule has 0 aliphatic carbocycles. The van der Waals surface area contributed by atoms with Crippen molar-refractivity contribution in [2.45, 2.75) is 0 Å². The number of nitrogens with zero attached hydrogens (tertiary/aromatic N) is 2. The summed E-state index contributed by atoms with van der Waals surface area (Å²) in [5.41, 5.74) is 0. The molecule has 8 heavy (non-hydrogen) atoms. The molecule has 0 atom stereocenters. The first kappa shape index (κ1) is 4.48. The van der Waals surface area contributed by atoms with Gasteiger partial charge in [0.05, 0.1) is 14.3 Å². The Labute approximate surface area is 52.0 Å². The molecule has 0 unspecified atom stereocenters. The molecule has 2 nitrogen and oxygen atoms in total. The fourth-order valence-electron chi connectivity index (χ4n) is 0.575. The van der Waals surface area contributed by atoms with Gasteiger partial charge in [0.2, 0.25) is 0 Å². The number of hydrogen-bond donors (Lipinski definition) is 0. The molecule has 0 saturated heterocycles.